The van der Waals surface area contributed by atoms with Crippen LogP contribution in [0.4, 0.5) is 5.69 Å². The van der Waals surface area contributed by atoms with E-state index in [1.165, 1.54) is 4.90 Å². The third-order valence-corrected chi connectivity index (χ3v) is 5.24. The largest absolute Gasteiger partial charge is 0.454 e. The molecule has 3 amide bonds. The molecule has 0 radical (unpaired) electrons. The van der Waals surface area contributed by atoms with Gasteiger partial charge in [0.25, 0.3) is 5.91 Å². The number of carbonyl (C=O) groups is 3. The summed E-state index contributed by atoms with van der Waals surface area (Å²) in [4.78, 5) is 40.1. The van der Waals surface area contributed by atoms with E-state index in [1.807, 2.05) is 12.1 Å². The molecule has 2 aliphatic rings. The van der Waals surface area contributed by atoms with Crippen LogP contribution in [-0.2, 0) is 16.1 Å². The lowest BCUT2D eigenvalue weighted by Gasteiger charge is -2.17. The van der Waals surface area contributed by atoms with Crippen LogP contribution in [0, 0.1) is 5.92 Å². The van der Waals surface area contributed by atoms with Gasteiger partial charge in [0.2, 0.25) is 18.6 Å². The van der Waals surface area contributed by atoms with Gasteiger partial charge >= 0.3 is 0 Å². The summed E-state index contributed by atoms with van der Waals surface area (Å²) in [6.45, 7) is 0.826. The van der Waals surface area contributed by atoms with Crippen molar-refractivity contribution >= 4 is 23.4 Å². The molecule has 2 aliphatic heterocycles. The molecule has 0 spiro atoms. The van der Waals surface area contributed by atoms with Crippen molar-refractivity contribution in [1.29, 1.82) is 0 Å². The quantitative estimate of drug-likeness (QED) is 0.814. The second-order valence-electron chi connectivity index (χ2n) is 7.56. The highest BCUT2D eigenvalue weighted by atomic mass is 16.7. The van der Waals surface area contributed by atoms with Crippen molar-refractivity contribution in [2.24, 2.45) is 5.92 Å². The summed E-state index contributed by atoms with van der Waals surface area (Å²) in [5.41, 5.74) is 2.17. The van der Waals surface area contributed by atoms with Crippen LogP contribution in [0.3, 0.4) is 0 Å². The second-order valence-corrected chi connectivity index (χ2v) is 7.56. The fraction of sp³-hybridized carbons (Fsp3) is 0.318. The second kappa shape index (κ2) is 8.06. The van der Waals surface area contributed by atoms with Crippen LogP contribution in [-0.4, -0.2) is 50.1 Å². The van der Waals surface area contributed by atoms with Crippen molar-refractivity contribution in [2.45, 2.75) is 13.0 Å². The summed E-state index contributed by atoms with van der Waals surface area (Å²) in [6.07, 6.45) is 0.163. The highest BCUT2D eigenvalue weighted by Gasteiger charge is 2.35. The number of fused-ring (bicyclic) bond motifs is 1. The first-order chi connectivity index (χ1) is 14.4. The monoisotopic (exact) mass is 409 g/mol. The molecule has 30 heavy (non-hydrogen) atoms. The van der Waals surface area contributed by atoms with Gasteiger partial charge in [-0.25, -0.2) is 0 Å². The lowest BCUT2D eigenvalue weighted by atomic mass is 10.1. The van der Waals surface area contributed by atoms with Gasteiger partial charge in [-0.3, -0.25) is 14.4 Å². The van der Waals surface area contributed by atoms with Gasteiger partial charge in [0.05, 0.1) is 5.92 Å². The Balaban J connectivity index is 1.34. The first-order valence-electron chi connectivity index (χ1n) is 9.70. The Kier molecular flexibility index (Phi) is 5.31. The molecule has 1 fully saturated rings. The van der Waals surface area contributed by atoms with Crippen LogP contribution in [0.5, 0.6) is 11.5 Å². The zero-order chi connectivity index (χ0) is 21.3. The number of ether oxygens (including phenoxy) is 2. The molecule has 0 bridgehead atoms. The third kappa shape index (κ3) is 3.94. The van der Waals surface area contributed by atoms with Crippen LogP contribution in [0.25, 0.3) is 0 Å². The summed E-state index contributed by atoms with van der Waals surface area (Å²) in [5, 5.41) is 2.89. The maximum atomic E-state index is 12.6. The van der Waals surface area contributed by atoms with E-state index in [4.69, 9.17) is 9.47 Å². The zero-order valence-electron chi connectivity index (χ0n) is 16.9. The summed E-state index contributed by atoms with van der Waals surface area (Å²) in [7, 11) is 3.40. The first kappa shape index (κ1) is 19.8. The predicted molar refractivity (Wildman–Crippen MR) is 109 cm³/mol. The molecule has 1 N–H and O–H groups in total. The number of benzene rings is 2. The standard InChI is InChI=1S/C22H23N3O5/c1-24(2)22(28)15-5-3-14(4-6-15)11-23-21(27)16-9-20(26)25(12-16)17-7-8-18-19(10-17)30-13-29-18/h3-8,10,16H,9,11-13H2,1-2H3,(H,23,27). The Labute approximate surface area is 174 Å². The van der Waals surface area contributed by atoms with E-state index in [1.54, 1.807) is 49.3 Å². The Morgan fingerprint density at radius 1 is 1.10 bits per heavy atom. The lowest BCUT2D eigenvalue weighted by molar-refractivity contribution is -0.126. The highest BCUT2D eigenvalue weighted by Crippen LogP contribution is 2.37. The van der Waals surface area contributed by atoms with Crippen LogP contribution in [0.15, 0.2) is 42.5 Å². The number of nitrogens with one attached hydrogen (secondary N) is 1. The minimum atomic E-state index is -0.419. The van der Waals surface area contributed by atoms with Crippen molar-refractivity contribution in [3.63, 3.8) is 0 Å². The van der Waals surface area contributed by atoms with Gasteiger partial charge in [-0.1, -0.05) is 12.1 Å². The smallest absolute Gasteiger partial charge is 0.253 e. The average molecular weight is 409 g/mol. The summed E-state index contributed by atoms with van der Waals surface area (Å²) < 4.78 is 10.7. The van der Waals surface area contributed by atoms with Crippen LogP contribution in [0.2, 0.25) is 0 Å². The van der Waals surface area contributed by atoms with Gasteiger partial charge in [0.15, 0.2) is 11.5 Å². The maximum Gasteiger partial charge on any atom is 0.253 e. The van der Waals surface area contributed by atoms with E-state index in [0.717, 1.165) is 5.56 Å². The van der Waals surface area contributed by atoms with Crippen molar-refractivity contribution in [3.05, 3.63) is 53.6 Å². The van der Waals surface area contributed by atoms with E-state index in [-0.39, 0.29) is 30.9 Å². The molecule has 8 nitrogen and oxygen atoms in total. The Hall–Kier alpha value is -3.55. The van der Waals surface area contributed by atoms with Gasteiger partial charge in [0, 0.05) is 50.9 Å². The van der Waals surface area contributed by atoms with Gasteiger partial charge in [-0.05, 0) is 29.8 Å². The number of hydrogen-bond donors (Lipinski definition) is 1. The minimum absolute atomic E-state index is 0.0707. The molecule has 2 aromatic rings. The molecule has 4 rings (SSSR count). The lowest BCUT2D eigenvalue weighted by Crippen LogP contribution is -2.32. The fourth-order valence-electron chi connectivity index (χ4n) is 3.54. The van der Waals surface area contributed by atoms with E-state index in [9.17, 15) is 14.4 Å². The van der Waals surface area contributed by atoms with E-state index in [2.05, 4.69) is 5.32 Å². The van der Waals surface area contributed by atoms with Gasteiger partial charge in [-0.15, -0.1) is 0 Å². The normalized spacial score (nSPS) is 17.2. The van der Waals surface area contributed by atoms with Crippen LogP contribution >= 0.6 is 0 Å². The minimum Gasteiger partial charge on any atom is -0.454 e. The maximum absolute atomic E-state index is 12.6. The molecular formula is C22H23N3O5. The fourth-order valence-corrected chi connectivity index (χ4v) is 3.54. The molecule has 0 aliphatic carbocycles. The Morgan fingerprint density at radius 2 is 1.83 bits per heavy atom. The number of anilines is 1. The molecule has 1 atom stereocenters. The number of amides is 3. The third-order valence-electron chi connectivity index (χ3n) is 5.24. The van der Waals surface area contributed by atoms with Gasteiger partial charge in [0.1, 0.15) is 0 Å². The molecule has 0 saturated carbocycles. The van der Waals surface area contributed by atoms with Gasteiger partial charge < -0.3 is 24.6 Å². The number of carbonyl (C=O) groups excluding carboxylic acids is 3. The van der Waals surface area contributed by atoms with Gasteiger partial charge in [-0.2, -0.15) is 0 Å². The summed E-state index contributed by atoms with van der Waals surface area (Å²) in [5.74, 6) is 0.499. The number of rotatable bonds is 5. The van der Waals surface area contributed by atoms with Crippen molar-refractivity contribution in [3.8, 4) is 11.5 Å². The Morgan fingerprint density at radius 3 is 2.57 bits per heavy atom. The number of hydrogen-bond acceptors (Lipinski definition) is 5. The van der Waals surface area contributed by atoms with Crippen molar-refractivity contribution in [2.75, 3.05) is 32.3 Å². The molecule has 156 valence electrons. The SMILES string of the molecule is CN(C)C(=O)c1ccc(CNC(=O)C2CC(=O)N(c3ccc4c(c3)OCO4)C2)cc1. The predicted octanol–water partition coefficient (Wildman–Crippen LogP) is 1.79. The van der Waals surface area contributed by atoms with Crippen LogP contribution < -0.4 is 19.7 Å². The number of nitrogens with zero attached hydrogens (tertiary/aromatic N) is 2. The topological polar surface area (TPSA) is 88.2 Å². The Bertz CT molecular complexity index is 987. The summed E-state index contributed by atoms with van der Waals surface area (Å²) >= 11 is 0. The molecule has 2 aromatic carbocycles. The zero-order valence-corrected chi connectivity index (χ0v) is 16.9. The molecular weight excluding hydrogens is 386 g/mol. The van der Waals surface area contributed by atoms with Crippen LogP contribution in [0.1, 0.15) is 22.3 Å². The van der Waals surface area contributed by atoms with E-state index in [0.29, 0.717) is 35.8 Å². The van der Waals surface area contributed by atoms with Crippen molar-refractivity contribution in [1.82, 2.24) is 10.2 Å². The van der Waals surface area contributed by atoms with Crippen molar-refractivity contribution < 1.29 is 23.9 Å². The average Bonchev–Trinajstić information content (AvgIpc) is 3.37. The highest BCUT2D eigenvalue weighted by molar-refractivity contribution is 6.00. The summed E-state index contributed by atoms with van der Waals surface area (Å²) in [6, 6.07) is 12.4. The molecule has 2 heterocycles. The molecule has 8 heteroatoms. The molecule has 1 unspecified atom stereocenters. The first-order valence-corrected chi connectivity index (χ1v) is 9.70. The molecule has 1 saturated heterocycles. The van der Waals surface area contributed by atoms with E-state index >= 15 is 0 Å². The van der Waals surface area contributed by atoms with E-state index < -0.39 is 5.92 Å². The molecule has 0 aromatic heterocycles.